The van der Waals surface area contributed by atoms with Crippen LogP contribution in [0.15, 0.2) is 175 Å². The van der Waals surface area contributed by atoms with Gasteiger partial charge in [-0.15, -0.1) is 0 Å². The van der Waals surface area contributed by atoms with Gasteiger partial charge >= 0.3 is 0 Å². The maximum atomic E-state index is 9.64. The highest BCUT2D eigenvalue weighted by molar-refractivity contribution is 6.26. The molecule has 10 aromatic rings. The summed E-state index contributed by atoms with van der Waals surface area (Å²) >= 11 is 0. The van der Waals surface area contributed by atoms with Gasteiger partial charge in [-0.2, -0.15) is 9.97 Å². The number of hydrogen-bond donors (Lipinski definition) is 0. The first-order valence-electron chi connectivity index (χ1n) is 26.8. The smallest absolute Gasteiger partial charge is 0.238 e. The minimum atomic E-state index is -0.988. The summed E-state index contributed by atoms with van der Waals surface area (Å²) in [4.78, 5) is 13.5. The van der Waals surface area contributed by atoms with Crippen LogP contribution >= 0.6 is 0 Å². The third-order valence-electron chi connectivity index (χ3n) is 7.91. The van der Waals surface area contributed by atoms with Crippen LogP contribution in [-0.2, 0) is 0 Å². The molecule has 3 heterocycles. The molecule has 3 aromatic heterocycles. The Labute approximate surface area is 322 Å². The van der Waals surface area contributed by atoms with Crippen molar-refractivity contribution in [1.29, 1.82) is 0 Å². The minimum Gasteiger partial charge on any atom is -0.309 e. The van der Waals surface area contributed by atoms with E-state index in [2.05, 4.69) is 15.0 Å². The van der Waals surface area contributed by atoms with Gasteiger partial charge in [0.05, 0.1) is 55.0 Å². The van der Waals surface area contributed by atoms with Crippen LogP contribution in [-0.4, -0.2) is 24.1 Å². The fourth-order valence-electron chi connectivity index (χ4n) is 5.83. The number of rotatable bonds is 5. The molecule has 0 bridgehead atoms. The predicted molar refractivity (Wildman–Crippen MR) is 205 cm³/mol. The van der Waals surface area contributed by atoms with E-state index in [1.807, 2.05) is 0 Å². The van der Waals surface area contributed by atoms with Crippen LogP contribution < -0.4 is 0 Å². The van der Waals surface area contributed by atoms with Gasteiger partial charge in [0.1, 0.15) is 0 Å². The van der Waals surface area contributed by atoms with Crippen molar-refractivity contribution in [1.82, 2.24) is 24.1 Å². The van der Waals surface area contributed by atoms with E-state index in [0.717, 1.165) is 4.57 Å². The third-order valence-corrected chi connectivity index (χ3v) is 7.91. The Morgan fingerprint density at radius 1 is 0.400 bits per heavy atom. The highest BCUT2D eigenvalue weighted by atomic mass is 15.2. The third kappa shape index (κ3) is 4.45. The van der Waals surface area contributed by atoms with Crippen LogP contribution in [0.2, 0.25) is 0 Å². The summed E-state index contributed by atoms with van der Waals surface area (Å²) in [5.41, 5.74) is -3.98. The van der Waals surface area contributed by atoms with Gasteiger partial charge in [0, 0.05) is 38.4 Å². The van der Waals surface area contributed by atoms with E-state index in [9.17, 15) is 11.0 Å². The number of benzene rings is 7. The van der Waals surface area contributed by atoms with Gasteiger partial charge in [-0.25, -0.2) is 4.98 Å². The summed E-state index contributed by atoms with van der Waals surface area (Å²) in [6.45, 7) is 0. The molecule has 10 rings (SSSR count). The molecular weight excluding hydrogens is 611 g/mol. The van der Waals surface area contributed by atoms with Gasteiger partial charge in [-0.1, -0.05) is 145 Å². The number of aromatic nitrogens is 5. The SMILES string of the molecule is [2H]c1c([2H])c([2H])c(-c2nc(-c3c([2H])c([2H])c(-c4c([2H])c([2H])c([2H])c([2H])c4[2H])c([2H])c3[2H])nc(-n3c4c([2H])c([2H])c([2H])c([2H])c4c4c([2H])c([2H])c5c(c6c([2H])c([2H])c([2H])c([2H])c6n5-c5ccccc5)c43)n2)c([2H])c1[2H]. The van der Waals surface area contributed by atoms with Crippen LogP contribution in [0.5, 0.6) is 0 Å². The van der Waals surface area contributed by atoms with Crippen molar-refractivity contribution < 1.29 is 32.9 Å². The Morgan fingerprint density at radius 2 is 0.940 bits per heavy atom. The molecular formula is C45H29N5. The standard InChI is InChI=1S/C45H29N5/c1-4-14-30(15-5-1)31-24-26-33(27-25-31)44-46-43(32-16-6-2-7-17-32)47-45(48-44)50-38-22-12-10-20-35(38)36-28-29-40-41(42(36)50)37-21-11-13-23-39(37)49(40)34-18-8-3-9-19-34/h1-29H/i1D,2D,4D,5D,6D,7D,10D,11D,12D,13D,14D,15D,16D,17D,20D,21D,22D,23D,24D,25D,26D,27D,28D,29D. The highest BCUT2D eigenvalue weighted by Gasteiger charge is 2.23. The minimum absolute atomic E-state index is 0.201. The quantitative estimate of drug-likeness (QED) is 0.184. The first kappa shape index (κ1) is 13.2. The molecule has 0 N–H and O–H groups in total. The fraction of sp³-hybridized carbons (Fsp3) is 0. The Balaban J connectivity index is 1.48. The van der Waals surface area contributed by atoms with Crippen LogP contribution in [0, 0.1) is 0 Å². The molecule has 0 spiro atoms. The molecule has 50 heavy (non-hydrogen) atoms. The van der Waals surface area contributed by atoms with Crippen molar-refractivity contribution in [2.24, 2.45) is 0 Å². The molecule has 0 saturated heterocycles. The van der Waals surface area contributed by atoms with Gasteiger partial charge in [-0.3, -0.25) is 4.57 Å². The second-order valence-corrected chi connectivity index (χ2v) is 10.7. The fourth-order valence-corrected chi connectivity index (χ4v) is 5.83. The molecule has 0 aliphatic heterocycles. The number of hydrogen-bond acceptors (Lipinski definition) is 3. The molecule has 5 heteroatoms. The first-order valence-corrected chi connectivity index (χ1v) is 14.8. The average Bonchev–Trinajstić information content (AvgIpc) is 3.94. The lowest BCUT2D eigenvalue weighted by Gasteiger charge is -2.12. The Hall–Kier alpha value is -6.85. The molecule has 0 fully saturated rings. The van der Waals surface area contributed by atoms with Crippen LogP contribution in [0.3, 0.4) is 0 Å². The summed E-state index contributed by atoms with van der Waals surface area (Å²) in [6, 6.07) is -11.7. The number of para-hydroxylation sites is 3. The van der Waals surface area contributed by atoms with Crippen LogP contribution in [0.1, 0.15) is 32.9 Å². The summed E-state index contributed by atoms with van der Waals surface area (Å²) in [7, 11) is 0. The second-order valence-electron chi connectivity index (χ2n) is 10.7. The highest BCUT2D eigenvalue weighted by Crippen LogP contribution is 2.41. The van der Waals surface area contributed by atoms with Crippen LogP contribution in [0.4, 0.5) is 0 Å². The summed E-state index contributed by atoms with van der Waals surface area (Å²) in [6.07, 6.45) is 0. The van der Waals surface area contributed by atoms with Crippen molar-refractivity contribution in [3.05, 3.63) is 175 Å². The van der Waals surface area contributed by atoms with Crippen molar-refractivity contribution >= 4 is 43.6 Å². The monoisotopic (exact) mass is 663 g/mol. The first-order chi connectivity index (χ1) is 34.8. The van der Waals surface area contributed by atoms with E-state index < -0.39 is 196 Å². The number of nitrogens with zero attached hydrogens (tertiary/aromatic N) is 5. The maximum absolute atomic E-state index is 9.64. The Morgan fingerprint density at radius 3 is 1.64 bits per heavy atom. The zero-order valence-corrected chi connectivity index (χ0v) is 25.1. The average molecular weight is 664 g/mol. The Kier molecular flexibility index (Phi) is 3.01. The predicted octanol–water partition coefficient (Wildman–Crippen LogP) is 11.1. The van der Waals surface area contributed by atoms with Crippen molar-refractivity contribution in [3.8, 4) is 45.5 Å². The molecule has 0 unspecified atom stereocenters. The van der Waals surface area contributed by atoms with Crippen LogP contribution in [0.25, 0.3) is 89.2 Å². The molecule has 5 nitrogen and oxygen atoms in total. The van der Waals surface area contributed by atoms with E-state index in [-0.39, 0.29) is 38.4 Å². The van der Waals surface area contributed by atoms with E-state index in [4.69, 9.17) is 21.9 Å². The normalized spacial score (nSPS) is 18.3. The maximum Gasteiger partial charge on any atom is 0.238 e. The largest absolute Gasteiger partial charge is 0.309 e. The van der Waals surface area contributed by atoms with Gasteiger partial charge in [0.25, 0.3) is 0 Å². The molecule has 0 radical (unpaired) electrons. The lowest BCUT2D eigenvalue weighted by atomic mass is 10.0. The zero-order valence-electron chi connectivity index (χ0n) is 49.1. The topological polar surface area (TPSA) is 48.5 Å². The van der Waals surface area contributed by atoms with Gasteiger partial charge in [0.2, 0.25) is 5.95 Å². The summed E-state index contributed by atoms with van der Waals surface area (Å²) in [5.74, 6) is -2.45. The van der Waals surface area contributed by atoms with E-state index in [1.165, 1.54) is 4.57 Å². The Bertz CT molecular complexity index is 4160. The molecule has 0 atom stereocenters. The van der Waals surface area contributed by atoms with Crippen molar-refractivity contribution in [2.45, 2.75) is 0 Å². The molecule has 234 valence electrons. The summed E-state index contributed by atoms with van der Waals surface area (Å²) < 4.78 is 216. The number of fused-ring (bicyclic) bond motifs is 7. The zero-order chi connectivity index (χ0) is 53.9. The van der Waals surface area contributed by atoms with E-state index >= 15 is 0 Å². The van der Waals surface area contributed by atoms with Crippen molar-refractivity contribution in [3.63, 3.8) is 0 Å². The molecule has 0 aliphatic carbocycles. The van der Waals surface area contributed by atoms with Gasteiger partial charge in [0.15, 0.2) is 11.6 Å². The molecule has 7 aromatic carbocycles. The van der Waals surface area contributed by atoms with E-state index in [1.54, 1.807) is 30.3 Å². The molecule has 0 aliphatic rings. The second kappa shape index (κ2) is 11.4. The summed E-state index contributed by atoms with van der Waals surface area (Å²) in [5, 5.41) is -1.32. The van der Waals surface area contributed by atoms with Crippen molar-refractivity contribution in [2.75, 3.05) is 0 Å². The lowest BCUT2D eigenvalue weighted by molar-refractivity contribution is 0.955. The van der Waals surface area contributed by atoms with E-state index in [0.29, 0.717) is 0 Å². The molecule has 0 amide bonds. The van der Waals surface area contributed by atoms with Gasteiger partial charge in [-0.05, 0) is 41.4 Å². The lowest BCUT2D eigenvalue weighted by Crippen LogP contribution is -2.06. The van der Waals surface area contributed by atoms with Gasteiger partial charge < -0.3 is 4.57 Å². The molecule has 0 saturated carbocycles.